The zero-order valence-electron chi connectivity index (χ0n) is 11.4. The third-order valence-corrected chi connectivity index (χ3v) is 3.45. The Hall–Kier alpha value is -2.30. The molecule has 0 saturated carbocycles. The highest BCUT2D eigenvalue weighted by Crippen LogP contribution is 2.21. The van der Waals surface area contributed by atoms with E-state index >= 15 is 0 Å². The monoisotopic (exact) mass is 278 g/mol. The van der Waals surface area contributed by atoms with Gasteiger partial charge in [0, 0.05) is 0 Å². The summed E-state index contributed by atoms with van der Waals surface area (Å²) in [5, 5.41) is 21.0. The summed E-state index contributed by atoms with van der Waals surface area (Å²) < 4.78 is 5.77. The van der Waals surface area contributed by atoms with Gasteiger partial charge in [0.1, 0.15) is 12.4 Å². The number of benzene rings is 3. The second kappa shape index (κ2) is 6.00. The second-order valence-electron chi connectivity index (χ2n) is 4.87. The van der Waals surface area contributed by atoms with E-state index in [1.165, 1.54) is 0 Å². The lowest BCUT2D eigenvalue weighted by atomic mass is 9.77. The van der Waals surface area contributed by atoms with E-state index in [1.807, 2.05) is 48.5 Å². The Kier molecular flexibility index (Phi) is 3.91. The minimum absolute atomic E-state index is 0.298. The van der Waals surface area contributed by atoms with Crippen molar-refractivity contribution in [3.63, 3.8) is 0 Å². The highest BCUT2D eigenvalue weighted by Gasteiger charge is 2.15. The average Bonchev–Trinajstić information content (AvgIpc) is 2.53. The van der Waals surface area contributed by atoms with Gasteiger partial charge >= 0.3 is 7.12 Å². The maximum absolute atomic E-state index is 9.34. The van der Waals surface area contributed by atoms with E-state index in [4.69, 9.17) is 4.74 Å². The molecule has 104 valence electrons. The van der Waals surface area contributed by atoms with Gasteiger partial charge in [0.2, 0.25) is 0 Å². The topological polar surface area (TPSA) is 49.7 Å². The normalized spacial score (nSPS) is 10.6. The number of ether oxygens (including phenoxy) is 1. The molecule has 0 spiro atoms. The molecule has 0 aliphatic carbocycles. The third-order valence-electron chi connectivity index (χ3n) is 3.45. The van der Waals surface area contributed by atoms with Crippen molar-refractivity contribution >= 4 is 23.4 Å². The van der Waals surface area contributed by atoms with Crippen molar-refractivity contribution < 1.29 is 14.8 Å². The average molecular weight is 278 g/mol. The fourth-order valence-corrected chi connectivity index (χ4v) is 2.34. The van der Waals surface area contributed by atoms with Crippen LogP contribution in [0.4, 0.5) is 0 Å². The number of fused-ring (bicyclic) bond motifs is 1. The van der Waals surface area contributed by atoms with Gasteiger partial charge in [-0.15, -0.1) is 0 Å². The van der Waals surface area contributed by atoms with Crippen LogP contribution in [-0.2, 0) is 6.61 Å². The summed E-state index contributed by atoms with van der Waals surface area (Å²) in [6.07, 6.45) is 0. The molecule has 0 heterocycles. The quantitative estimate of drug-likeness (QED) is 0.718. The van der Waals surface area contributed by atoms with Gasteiger partial charge in [0.05, 0.1) is 0 Å². The molecule has 3 nitrogen and oxygen atoms in total. The summed E-state index contributed by atoms with van der Waals surface area (Å²) in [4.78, 5) is 0. The lowest BCUT2D eigenvalue weighted by Gasteiger charge is -2.11. The van der Waals surface area contributed by atoms with Crippen LogP contribution >= 0.6 is 0 Å². The van der Waals surface area contributed by atoms with E-state index in [-0.39, 0.29) is 0 Å². The van der Waals surface area contributed by atoms with E-state index in [9.17, 15) is 10.0 Å². The molecule has 3 rings (SSSR count). The molecule has 3 aromatic rings. The van der Waals surface area contributed by atoms with Crippen molar-refractivity contribution in [3.05, 3.63) is 72.3 Å². The van der Waals surface area contributed by atoms with Crippen molar-refractivity contribution in [3.8, 4) is 5.75 Å². The van der Waals surface area contributed by atoms with E-state index in [0.29, 0.717) is 12.1 Å². The number of hydrogen-bond donors (Lipinski definition) is 2. The fourth-order valence-electron chi connectivity index (χ4n) is 2.34. The minimum Gasteiger partial charge on any atom is -0.489 e. The van der Waals surface area contributed by atoms with Crippen LogP contribution in [0.1, 0.15) is 5.56 Å². The van der Waals surface area contributed by atoms with Crippen LogP contribution in [-0.4, -0.2) is 17.2 Å². The molecule has 3 aromatic carbocycles. The van der Waals surface area contributed by atoms with Crippen LogP contribution in [0.15, 0.2) is 66.7 Å². The lowest BCUT2D eigenvalue weighted by molar-refractivity contribution is 0.307. The van der Waals surface area contributed by atoms with Crippen molar-refractivity contribution in [2.45, 2.75) is 6.61 Å². The third kappa shape index (κ3) is 3.07. The summed E-state index contributed by atoms with van der Waals surface area (Å²) in [6.45, 7) is 0.298. The van der Waals surface area contributed by atoms with Crippen molar-refractivity contribution in [2.75, 3.05) is 0 Å². The predicted molar refractivity (Wildman–Crippen MR) is 84.5 cm³/mol. The van der Waals surface area contributed by atoms with Crippen molar-refractivity contribution in [1.82, 2.24) is 0 Å². The van der Waals surface area contributed by atoms with E-state index in [0.717, 1.165) is 22.1 Å². The molecule has 0 amide bonds. The molecule has 0 aliphatic heterocycles. The van der Waals surface area contributed by atoms with Gasteiger partial charge in [0.15, 0.2) is 0 Å². The predicted octanol–water partition coefficient (Wildman–Crippen LogP) is 2.10. The van der Waals surface area contributed by atoms with Crippen LogP contribution in [0.25, 0.3) is 10.8 Å². The molecule has 0 atom stereocenters. The van der Waals surface area contributed by atoms with Crippen molar-refractivity contribution in [1.29, 1.82) is 0 Å². The summed E-state index contributed by atoms with van der Waals surface area (Å²) in [5.41, 5.74) is 1.24. The SMILES string of the molecule is OB(O)c1ccccc1COc1ccc2ccccc2c1. The van der Waals surface area contributed by atoms with Crippen LogP contribution in [0.2, 0.25) is 0 Å². The second-order valence-corrected chi connectivity index (χ2v) is 4.87. The Balaban J connectivity index is 1.80. The summed E-state index contributed by atoms with van der Waals surface area (Å²) in [6, 6.07) is 21.1. The van der Waals surface area contributed by atoms with Gasteiger partial charge in [-0.25, -0.2) is 0 Å². The van der Waals surface area contributed by atoms with Gasteiger partial charge in [-0.3, -0.25) is 0 Å². The molecule has 0 aliphatic rings. The Bertz CT molecular complexity index is 756. The lowest BCUT2D eigenvalue weighted by Crippen LogP contribution is -2.33. The van der Waals surface area contributed by atoms with Crippen LogP contribution in [0.5, 0.6) is 5.75 Å². The molecule has 0 unspecified atom stereocenters. The first kappa shape index (κ1) is 13.7. The number of hydrogen-bond acceptors (Lipinski definition) is 3. The van der Waals surface area contributed by atoms with Crippen LogP contribution in [0.3, 0.4) is 0 Å². The van der Waals surface area contributed by atoms with Crippen LogP contribution in [0, 0.1) is 0 Å². The maximum atomic E-state index is 9.34. The zero-order chi connectivity index (χ0) is 14.7. The molecule has 2 N–H and O–H groups in total. The smallest absolute Gasteiger partial charge is 0.488 e. The van der Waals surface area contributed by atoms with Gasteiger partial charge < -0.3 is 14.8 Å². The fraction of sp³-hybridized carbons (Fsp3) is 0.0588. The molecular weight excluding hydrogens is 263 g/mol. The first-order chi connectivity index (χ1) is 10.2. The molecule has 4 heteroatoms. The molecule has 21 heavy (non-hydrogen) atoms. The molecule has 0 radical (unpaired) electrons. The molecule has 0 bridgehead atoms. The summed E-state index contributed by atoms with van der Waals surface area (Å²) in [5.74, 6) is 0.760. The van der Waals surface area contributed by atoms with Crippen LogP contribution < -0.4 is 10.2 Å². The summed E-state index contributed by atoms with van der Waals surface area (Å²) >= 11 is 0. The van der Waals surface area contributed by atoms with Crippen molar-refractivity contribution in [2.24, 2.45) is 0 Å². The first-order valence-corrected chi connectivity index (χ1v) is 6.79. The highest BCUT2D eigenvalue weighted by atomic mass is 16.5. The largest absolute Gasteiger partial charge is 0.489 e. The Morgan fingerprint density at radius 1 is 0.810 bits per heavy atom. The molecular formula is C17H15BO3. The first-order valence-electron chi connectivity index (χ1n) is 6.79. The number of rotatable bonds is 4. The van der Waals surface area contributed by atoms with Gasteiger partial charge in [-0.2, -0.15) is 0 Å². The van der Waals surface area contributed by atoms with Gasteiger partial charge in [-0.1, -0.05) is 54.6 Å². The molecule has 0 fully saturated rings. The van der Waals surface area contributed by atoms with Gasteiger partial charge in [-0.05, 0) is 33.9 Å². The Morgan fingerprint density at radius 3 is 2.33 bits per heavy atom. The minimum atomic E-state index is -1.48. The molecule has 0 saturated heterocycles. The van der Waals surface area contributed by atoms with Gasteiger partial charge in [0.25, 0.3) is 0 Å². The Morgan fingerprint density at radius 2 is 1.52 bits per heavy atom. The Labute approximate surface area is 123 Å². The standard InChI is InChI=1S/C17H15BO3/c19-18(20)17-8-4-3-7-15(17)12-21-16-10-9-13-5-1-2-6-14(13)11-16/h1-11,19-20H,12H2. The van der Waals surface area contributed by atoms with E-state index < -0.39 is 7.12 Å². The summed E-state index contributed by atoms with van der Waals surface area (Å²) in [7, 11) is -1.48. The maximum Gasteiger partial charge on any atom is 0.488 e. The molecule has 0 aromatic heterocycles. The van der Waals surface area contributed by atoms with E-state index in [2.05, 4.69) is 6.07 Å². The van der Waals surface area contributed by atoms with E-state index in [1.54, 1.807) is 12.1 Å². The zero-order valence-corrected chi connectivity index (χ0v) is 11.4. The highest BCUT2D eigenvalue weighted by molar-refractivity contribution is 6.59.